The van der Waals surface area contributed by atoms with Crippen molar-refractivity contribution in [3.8, 4) is 0 Å². The van der Waals surface area contributed by atoms with E-state index in [2.05, 4.69) is 5.32 Å². The molecule has 0 aliphatic carbocycles. The molecule has 0 aromatic heterocycles. The van der Waals surface area contributed by atoms with E-state index >= 15 is 0 Å². The Hall–Kier alpha value is -0.740. The van der Waals surface area contributed by atoms with E-state index in [-0.39, 0.29) is 11.5 Å². The van der Waals surface area contributed by atoms with Gasteiger partial charge in [-0.3, -0.25) is 0 Å². The maximum atomic E-state index is 13.2. The summed E-state index contributed by atoms with van der Waals surface area (Å²) in [5, 5.41) is 3.92. The molecule has 0 saturated carbocycles. The maximum Gasteiger partial charge on any atom is 0.147 e. The molecule has 1 aliphatic heterocycles. The summed E-state index contributed by atoms with van der Waals surface area (Å²) in [5.41, 5.74) is 5.65. The first-order valence-corrected chi connectivity index (χ1v) is 6.06. The molecule has 1 fully saturated rings. The Morgan fingerprint density at radius 1 is 1.33 bits per heavy atom. The van der Waals surface area contributed by atoms with Gasteiger partial charge >= 0.3 is 0 Å². The molecule has 82 valence electrons. The van der Waals surface area contributed by atoms with Crippen LogP contribution in [-0.2, 0) is 0 Å². The van der Waals surface area contributed by atoms with Crippen molar-refractivity contribution in [3.63, 3.8) is 0 Å². The maximum absolute atomic E-state index is 13.2. The third-order valence-electron chi connectivity index (χ3n) is 2.56. The summed E-state index contributed by atoms with van der Waals surface area (Å²) in [4.78, 5) is 0.980. The highest BCUT2D eigenvalue weighted by atomic mass is 32.2. The van der Waals surface area contributed by atoms with Crippen LogP contribution in [0, 0.1) is 5.82 Å². The van der Waals surface area contributed by atoms with Gasteiger partial charge in [0.05, 0.1) is 5.69 Å². The van der Waals surface area contributed by atoms with Gasteiger partial charge in [-0.2, -0.15) is 0 Å². The fourth-order valence-electron chi connectivity index (χ4n) is 1.69. The number of nitrogen functional groups attached to an aromatic ring is 1. The zero-order valence-electron chi connectivity index (χ0n) is 8.50. The summed E-state index contributed by atoms with van der Waals surface area (Å²) in [5.74, 6) is -0.311. The summed E-state index contributed by atoms with van der Waals surface area (Å²) < 4.78 is 13.2. The van der Waals surface area contributed by atoms with Crippen LogP contribution in [-0.4, -0.2) is 18.3 Å². The molecule has 0 spiro atoms. The highest BCUT2D eigenvalue weighted by Gasteiger charge is 2.14. The molecule has 2 rings (SSSR count). The predicted octanol–water partition coefficient (Wildman–Crippen LogP) is 2.25. The number of hydrogen-bond acceptors (Lipinski definition) is 3. The molecule has 0 radical (unpaired) electrons. The standard InChI is InChI=1S/C11H15FN2S/c12-10-7-9(1-2-11(10)13)15-8-3-5-14-6-4-8/h1-2,7-8,14H,3-6,13H2. The Bertz CT molecular complexity index is 337. The number of hydrogen-bond donors (Lipinski definition) is 2. The zero-order valence-corrected chi connectivity index (χ0v) is 9.32. The zero-order chi connectivity index (χ0) is 10.7. The minimum Gasteiger partial charge on any atom is -0.396 e. The topological polar surface area (TPSA) is 38.0 Å². The van der Waals surface area contributed by atoms with Crippen LogP contribution >= 0.6 is 11.8 Å². The van der Waals surface area contributed by atoms with E-state index in [0.29, 0.717) is 5.25 Å². The summed E-state index contributed by atoms with van der Waals surface area (Å²) in [6.07, 6.45) is 2.30. The average molecular weight is 226 g/mol. The molecule has 0 amide bonds. The van der Waals surface area contributed by atoms with Crippen molar-refractivity contribution in [1.29, 1.82) is 0 Å². The number of nitrogens with two attached hydrogens (primary N) is 1. The molecule has 15 heavy (non-hydrogen) atoms. The minimum absolute atomic E-state index is 0.227. The second-order valence-corrected chi connectivity index (χ2v) is 5.12. The molecule has 1 aromatic rings. The minimum atomic E-state index is -0.311. The van der Waals surface area contributed by atoms with E-state index in [1.165, 1.54) is 6.07 Å². The van der Waals surface area contributed by atoms with Crippen LogP contribution in [0.2, 0.25) is 0 Å². The van der Waals surface area contributed by atoms with Crippen molar-refractivity contribution in [3.05, 3.63) is 24.0 Å². The van der Waals surface area contributed by atoms with E-state index < -0.39 is 0 Å². The van der Waals surface area contributed by atoms with E-state index in [4.69, 9.17) is 5.73 Å². The summed E-state index contributed by atoms with van der Waals surface area (Å²) in [6, 6.07) is 5.06. The van der Waals surface area contributed by atoms with Crippen molar-refractivity contribution in [2.45, 2.75) is 23.0 Å². The SMILES string of the molecule is Nc1ccc(SC2CCNCC2)cc1F. The second-order valence-electron chi connectivity index (χ2n) is 3.75. The molecule has 1 aliphatic rings. The largest absolute Gasteiger partial charge is 0.396 e. The lowest BCUT2D eigenvalue weighted by atomic mass is 10.2. The quantitative estimate of drug-likeness (QED) is 0.760. The molecule has 1 saturated heterocycles. The van der Waals surface area contributed by atoms with E-state index in [1.807, 2.05) is 6.07 Å². The van der Waals surface area contributed by atoms with Gasteiger partial charge in [-0.15, -0.1) is 11.8 Å². The normalized spacial score (nSPS) is 17.9. The predicted molar refractivity (Wildman–Crippen MR) is 62.6 cm³/mol. The lowest BCUT2D eigenvalue weighted by Gasteiger charge is -2.22. The van der Waals surface area contributed by atoms with Crippen LogP contribution in [0.3, 0.4) is 0 Å². The smallest absolute Gasteiger partial charge is 0.147 e. The van der Waals surface area contributed by atoms with Gasteiger partial charge in [0.15, 0.2) is 0 Å². The van der Waals surface area contributed by atoms with Crippen molar-refractivity contribution >= 4 is 17.4 Å². The van der Waals surface area contributed by atoms with Gasteiger partial charge in [-0.25, -0.2) is 4.39 Å². The molecular weight excluding hydrogens is 211 g/mol. The van der Waals surface area contributed by atoms with Gasteiger partial charge in [0.1, 0.15) is 5.82 Å². The molecule has 0 atom stereocenters. The Morgan fingerprint density at radius 2 is 2.07 bits per heavy atom. The van der Waals surface area contributed by atoms with Gasteiger partial charge in [-0.1, -0.05) is 0 Å². The molecule has 0 unspecified atom stereocenters. The fraction of sp³-hybridized carbons (Fsp3) is 0.455. The monoisotopic (exact) mass is 226 g/mol. The lowest BCUT2D eigenvalue weighted by molar-refractivity contribution is 0.531. The molecular formula is C11H15FN2S. The molecule has 2 nitrogen and oxygen atoms in total. The number of piperidine rings is 1. The first-order valence-electron chi connectivity index (χ1n) is 5.18. The molecule has 1 aromatic carbocycles. The fourth-order valence-corrected chi connectivity index (χ4v) is 2.86. The second kappa shape index (κ2) is 4.86. The highest BCUT2D eigenvalue weighted by molar-refractivity contribution is 8.00. The highest BCUT2D eigenvalue weighted by Crippen LogP contribution is 2.30. The van der Waals surface area contributed by atoms with Crippen molar-refractivity contribution in [2.24, 2.45) is 0 Å². The number of halogens is 1. The van der Waals surface area contributed by atoms with Crippen LogP contribution in [0.4, 0.5) is 10.1 Å². The Kier molecular flexibility index (Phi) is 3.49. The number of thioether (sulfide) groups is 1. The van der Waals surface area contributed by atoms with Crippen LogP contribution in [0.25, 0.3) is 0 Å². The number of anilines is 1. The molecule has 4 heteroatoms. The lowest BCUT2D eigenvalue weighted by Crippen LogP contribution is -2.29. The molecule has 0 bridgehead atoms. The average Bonchev–Trinajstić information content (AvgIpc) is 2.25. The third kappa shape index (κ3) is 2.86. The van der Waals surface area contributed by atoms with Gasteiger partial charge in [0.25, 0.3) is 0 Å². The number of benzene rings is 1. The Morgan fingerprint density at radius 3 is 2.73 bits per heavy atom. The van der Waals surface area contributed by atoms with E-state index in [1.54, 1.807) is 17.8 Å². The van der Waals surface area contributed by atoms with Gasteiger partial charge < -0.3 is 11.1 Å². The Balaban J connectivity index is 2.00. The van der Waals surface area contributed by atoms with Crippen LogP contribution in [0.1, 0.15) is 12.8 Å². The molecule has 1 heterocycles. The van der Waals surface area contributed by atoms with E-state index in [9.17, 15) is 4.39 Å². The Labute approximate surface area is 93.4 Å². The first kappa shape index (κ1) is 10.8. The van der Waals surface area contributed by atoms with Crippen LogP contribution < -0.4 is 11.1 Å². The van der Waals surface area contributed by atoms with Gasteiger partial charge in [-0.05, 0) is 44.1 Å². The van der Waals surface area contributed by atoms with Gasteiger partial charge in [0.2, 0.25) is 0 Å². The third-order valence-corrected chi connectivity index (χ3v) is 3.89. The van der Waals surface area contributed by atoms with Crippen LogP contribution in [0.15, 0.2) is 23.1 Å². The van der Waals surface area contributed by atoms with Gasteiger partial charge in [0, 0.05) is 10.1 Å². The summed E-state index contributed by atoms with van der Waals surface area (Å²) in [7, 11) is 0. The first-order chi connectivity index (χ1) is 7.25. The van der Waals surface area contributed by atoms with Crippen molar-refractivity contribution < 1.29 is 4.39 Å². The number of nitrogens with one attached hydrogen (secondary N) is 1. The van der Waals surface area contributed by atoms with Crippen LogP contribution in [0.5, 0.6) is 0 Å². The summed E-state index contributed by atoms with van der Waals surface area (Å²) in [6.45, 7) is 2.13. The van der Waals surface area contributed by atoms with Crippen molar-refractivity contribution in [1.82, 2.24) is 5.32 Å². The van der Waals surface area contributed by atoms with E-state index in [0.717, 1.165) is 30.8 Å². The molecule has 3 N–H and O–H groups in total. The summed E-state index contributed by atoms with van der Waals surface area (Å²) >= 11 is 1.75. The van der Waals surface area contributed by atoms with Crippen molar-refractivity contribution in [2.75, 3.05) is 18.8 Å². The number of rotatable bonds is 2.